The maximum atomic E-state index is 12.8. The Hall–Kier alpha value is -3.34. The van der Waals surface area contributed by atoms with Gasteiger partial charge < -0.3 is 14.6 Å². The topological polar surface area (TPSA) is 62.6 Å². The van der Waals surface area contributed by atoms with Crippen LogP contribution in [0.3, 0.4) is 0 Å². The molecule has 2 amide bonds. The molecule has 148 valence electrons. The fourth-order valence-corrected chi connectivity index (χ4v) is 3.53. The zero-order valence-electron chi connectivity index (χ0n) is 16.7. The molecule has 3 aromatic rings. The summed E-state index contributed by atoms with van der Waals surface area (Å²) in [6, 6.07) is 17.3. The van der Waals surface area contributed by atoms with Crippen molar-refractivity contribution in [2.24, 2.45) is 0 Å². The van der Waals surface area contributed by atoms with Crippen molar-refractivity contribution in [2.45, 2.75) is 33.2 Å². The molecule has 0 aliphatic carbocycles. The van der Waals surface area contributed by atoms with Crippen LogP contribution >= 0.6 is 0 Å². The summed E-state index contributed by atoms with van der Waals surface area (Å²) in [5.41, 5.74) is 4.54. The number of carbonyl (C=O) groups excluding carboxylic acids is 2. The summed E-state index contributed by atoms with van der Waals surface area (Å²) in [6.07, 6.45) is 1.13. The van der Waals surface area contributed by atoms with E-state index in [9.17, 15) is 9.59 Å². The molecule has 1 aliphatic rings. The first-order valence-corrected chi connectivity index (χ1v) is 9.91. The maximum absolute atomic E-state index is 12.8. The molecule has 5 heteroatoms. The van der Waals surface area contributed by atoms with Crippen LogP contribution in [-0.4, -0.2) is 23.3 Å². The maximum Gasteiger partial charge on any atom is 0.254 e. The second-order valence-corrected chi connectivity index (χ2v) is 7.38. The number of benzene rings is 2. The van der Waals surface area contributed by atoms with Gasteiger partial charge in [0.05, 0.1) is 0 Å². The Labute approximate surface area is 170 Å². The Morgan fingerprint density at radius 3 is 2.66 bits per heavy atom. The van der Waals surface area contributed by atoms with Crippen LogP contribution in [0.25, 0.3) is 11.3 Å². The van der Waals surface area contributed by atoms with Crippen LogP contribution in [0.15, 0.2) is 59.0 Å². The van der Waals surface area contributed by atoms with E-state index in [0.29, 0.717) is 31.5 Å². The summed E-state index contributed by atoms with van der Waals surface area (Å²) in [4.78, 5) is 26.3. The van der Waals surface area contributed by atoms with Crippen LogP contribution in [0, 0.1) is 6.92 Å². The number of nitrogens with zero attached hydrogens (tertiary/aromatic N) is 1. The van der Waals surface area contributed by atoms with Crippen molar-refractivity contribution in [1.82, 2.24) is 4.90 Å². The van der Waals surface area contributed by atoms with Crippen molar-refractivity contribution in [2.75, 3.05) is 11.9 Å². The molecular formula is C24H24N2O3. The van der Waals surface area contributed by atoms with E-state index in [0.717, 1.165) is 33.9 Å². The van der Waals surface area contributed by atoms with Gasteiger partial charge in [-0.2, -0.15) is 0 Å². The van der Waals surface area contributed by atoms with Crippen molar-refractivity contribution in [3.63, 3.8) is 0 Å². The van der Waals surface area contributed by atoms with Gasteiger partial charge in [-0.1, -0.05) is 36.8 Å². The molecule has 0 radical (unpaired) electrons. The van der Waals surface area contributed by atoms with E-state index in [2.05, 4.69) is 5.32 Å². The molecule has 4 rings (SSSR count). The van der Waals surface area contributed by atoms with Crippen molar-refractivity contribution < 1.29 is 14.0 Å². The highest BCUT2D eigenvalue weighted by atomic mass is 16.3. The SMILES string of the molecule is CCC(=O)Nc1cccc(-c2cc3c(o2)CCN(C(=O)c2ccc(C)cc2)C3)c1. The third-order valence-corrected chi connectivity index (χ3v) is 5.20. The lowest BCUT2D eigenvalue weighted by atomic mass is 10.1. The highest BCUT2D eigenvalue weighted by Gasteiger charge is 2.25. The zero-order chi connectivity index (χ0) is 20.4. The highest BCUT2D eigenvalue weighted by molar-refractivity contribution is 5.94. The standard InChI is InChI=1S/C24H24N2O3/c1-3-23(27)25-20-6-4-5-18(13-20)22-14-19-15-26(12-11-21(19)29-22)24(28)17-9-7-16(2)8-10-17/h4-10,13-14H,3,11-12,15H2,1-2H3,(H,25,27). The van der Waals surface area contributed by atoms with Gasteiger partial charge in [-0.3, -0.25) is 9.59 Å². The minimum Gasteiger partial charge on any atom is -0.461 e. The largest absolute Gasteiger partial charge is 0.461 e. The van der Waals surface area contributed by atoms with Gasteiger partial charge in [-0.15, -0.1) is 0 Å². The lowest BCUT2D eigenvalue weighted by Crippen LogP contribution is -2.35. The zero-order valence-corrected chi connectivity index (χ0v) is 16.7. The summed E-state index contributed by atoms with van der Waals surface area (Å²) < 4.78 is 6.08. The second kappa shape index (κ2) is 7.95. The Balaban J connectivity index is 1.53. The molecule has 0 saturated heterocycles. The second-order valence-electron chi connectivity index (χ2n) is 7.38. The van der Waals surface area contributed by atoms with E-state index >= 15 is 0 Å². The smallest absolute Gasteiger partial charge is 0.254 e. The number of aryl methyl sites for hydroxylation is 1. The molecule has 29 heavy (non-hydrogen) atoms. The minimum atomic E-state index is -0.0221. The van der Waals surface area contributed by atoms with Crippen LogP contribution in [0.2, 0.25) is 0 Å². The van der Waals surface area contributed by atoms with E-state index < -0.39 is 0 Å². The number of fused-ring (bicyclic) bond motifs is 1. The highest BCUT2D eigenvalue weighted by Crippen LogP contribution is 2.31. The van der Waals surface area contributed by atoms with E-state index in [1.54, 1.807) is 0 Å². The van der Waals surface area contributed by atoms with Gasteiger partial charge >= 0.3 is 0 Å². The van der Waals surface area contributed by atoms with Gasteiger partial charge in [0.15, 0.2) is 0 Å². The van der Waals surface area contributed by atoms with Crippen molar-refractivity contribution in [3.8, 4) is 11.3 Å². The molecule has 2 aromatic carbocycles. The van der Waals surface area contributed by atoms with Crippen LogP contribution in [0.4, 0.5) is 5.69 Å². The normalized spacial score (nSPS) is 13.1. The molecule has 0 spiro atoms. The Morgan fingerprint density at radius 2 is 1.90 bits per heavy atom. The number of rotatable bonds is 4. The number of carbonyl (C=O) groups is 2. The van der Waals surface area contributed by atoms with E-state index in [-0.39, 0.29) is 11.8 Å². The van der Waals surface area contributed by atoms with Gasteiger partial charge in [-0.25, -0.2) is 0 Å². The van der Waals surface area contributed by atoms with Crippen molar-refractivity contribution in [3.05, 3.63) is 77.0 Å². The fraction of sp³-hybridized carbons (Fsp3) is 0.250. The Bertz CT molecular complexity index is 1050. The van der Waals surface area contributed by atoms with E-state index in [1.165, 1.54) is 0 Å². The van der Waals surface area contributed by atoms with Gasteiger partial charge in [0.25, 0.3) is 5.91 Å². The number of nitrogens with one attached hydrogen (secondary N) is 1. The predicted octanol–water partition coefficient (Wildman–Crippen LogP) is 4.80. The minimum absolute atomic E-state index is 0.0221. The predicted molar refractivity (Wildman–Crippen MR) is 113 cm³/mol. The molecule has 0 saturated carbocycles. The van der Waals surface area contributed by atoms with Crippen LogP contribution < -0.4 is 5.32 Å². The number of anilines is 1. The monoisotopic (exact) mass is 388 g/mol. The third kappa shape index (κ3) is 4.09. The molecular weight excluding hydrogens is 364 g/mol. The molecule has 0 atom stereocenters. The van der Waals surface area contributed by atoms with Gasteiger partial charge in [-0.05, 0) is 37.3 Å². The molecule has 0 bridgehead atoms. The molecule has 1 N–H and O–H groups in total. The molecule has 2 heterocycles. The average Bonchev–Trinajstić information content (AvgIpc) is 3.17. The summed E-state index contributed by atoms with van der Waals surface area (Å²) in [6.45, 7) is 5.01. The summed E-state index contributed by atoms with van der Waals surface area (Å²) >= 11 is 0. The first kappa shape index (κ1) is 19.0. The lowest BCUT2D eigenvalue weighted by Gasteiger charge is -2.26. The molecule has 1 aromatic heterocycles. The Kier molecular flexibility index (Phi) is 5.21. The molecule has 0 fully saturated rings. The summed E-state index contributed by atoms with van der Waals surface area (Å²) in [5, 5.41) is 2.87. The van der Waals surface area contributed by atoms with E-state index in [4.69, 9.17) is 4.42 Å². The number of hydrogen-bond donors (Lipinski definition) is 1. The Morgan fingerprint density at radius 1 is 1.10 bits per heavy atom. The fourth-order valence-electron chi connectivity index (χ4n) is 3.53. The average molecular weight is 388 g/mol. The van der Waals surface area contributed by atoms with Crippen LogP contribution in [0.1, 0.15) is 40.6 Å². The van der Waals surface area contributed by atoms with Gasteiger partial charge in [0, 0.05) is 48.3 Å². The van der Waals surface area contributed by atoms with Crippen LogP contribution in [-0.2, 0) is 17.8 Å². The lowest BCUT2D eigenvalue weighted by molar-refractivity contribution is -0.115. The number of hydrogen-bond acceptors (Lipinski definition) is 3. The quantitative estimate of drug-likeness (QED) is 0.698. The number of amides is 2. The van der Waals surface area contributed by atoms with Gasteiger partial charge in [0.1, 0.15) is 11.5 Å². The van der Waals surface area contributed by atoms with E-state index in [1.807, 2.05) is 73.3 Å². The van der Waals surface area contributed by atoms with Crippen molar-refractivity contribution in [1.29, 1.82) is 0 Å². The number of furan rings is 1. The molecule has 1 aliphatic heterocycles. The first-order valence-electron chi connectivity index (χ1n) is 9.91. The first-order chi connectivity index (χ1) is 14.0. The van der Waals surface area contributed by atoms with Crippen LogP contribution in [0.5, 0.6) is 0 Å². The summed E-state index contributed by atoms with van der Waals surface area (Å²) in [5.74, 6) is 1.71. The van der Waals surface area contributed by atoms with Crippen molar-refractivity contribution >= 4 is 17.5 Å². The molecule has 0 unspecified atom stereocenters. The third-order valence-electron chi connectivity index (χ3n) is 5.20. The molecule has 5 nitrogen and oxygen atoms in total. The van der Waals surface area contributed by atoms with Gasteiger partial charge in [0.2, 0.25) is 5.91 Å². The summed E-state index contributed by atoms with van der Waals surface area (Å²) in [7, 11) is 0.